The molecule has 0 spiro atoms. The van der Waals surface area contributed by atoms with Gasteiger partial charge in [0.05, 0.1) is 20.1 Å². The van der Waals surface area contributed by atoms with Gasteiger partial charge in [0, 0.05) is 11.8 Å². The minimum absolute atomic E-state index is 0.121. The predicted molar refractivity (Wildman–Crippen MR) is 68.9 cm³/mol. The molecule has 3 N–H and O–H groups in total. The summed E-state index contributed by atoms with van der Waals surface area (Å²) < 4.78 is 24.2. The van der Waals surface area contributed by atoms with Gasteiger partial charge in [-0.3, -0.25) is 19.1 Å². The lowest BCUT2D eigenvalue weighted by Crippen LogP contribution is -2.37. The van der Waals surface area contributed by atoms with E-state index in [4.69, 9.17) is 9.84 Å². The highest BCUT2D eigenvalue weighted by atomic mass is 19.1. The first-order valence-electron chi connectivity index (χ1n) is 6.38. The van der Waals surface area contributed by atoms with Crippen molar-refractivity contribution in [3.8, 4) is 0 Å². The lowest BCUT2D eigenvalue weighted by atomic mass is 10.1. The van der Waals surface area contributed by atoms with Crippen molar-refractivity contribution in [1.29, 1.82) is 0 Å². The van der Waals surface area contributed by atoms with Crippen LogP contribution in [0.3, 0.4) is 0 Å². The minimum atomic E-state index is -1.98. The second-order valence-corrected chi connectivity index (χ2v) is 4.76. The van der Waals surface area contributed by atoms with Crippen LogP contribution in [0.5, 0.6) is 0 Å². The topological polar surface area (TPSA) is 131 Å². The van der Waals surface area contributed by atoms with Gasteiger partial charge in [-0.05, 0) is 0 Å². The number of methoxy groups -OCH3 is 1. The van der Waals surface area contributed by atoms with E-state index in [9.17, 15) is 23.9 Å². The van der Waals surface area contributed by atoms with E-state index < -0.39 is 54.9 Å². The Balaban J connectivity index is 2.39. The standard InChI is InChI=1S/C12H15FN2O7/c1-21-7(17)2-5-3-15(12(20)14-10(5)19)11-8(13)9(18)6(4-16)22-11/h3,6,8-9,11,16,18H,2,4H2,1H3,(H,14,19,20)/t6-,8?,9?,11-/m1/s1. The molecule has 10 heteroatoms. The summed E-state index contributed by atoms with van der Waals surface area (Å²) in [5, 5.41) is 18.5. The molecular formula is C12H15FN2O7. The molecule has 0 saturated carbocycles. The molecule has 0 radical (unpaired) electrons. The molecule has 0 amide bonds. The Bertz CT molecular complexity index is 670. The zero-order valence-electron chi connectivity index (χ0n) is 11.6. The molecule has 1 fully saturated rings. The molecule has 2 rings (SSSR count). The number of carbonyl (C=O) groups is 1. The predicted octanol–water partition coefficient (Wildman–Crippen LogP) is -2.16. The van der Waals surface area contributed by atoms with E-state index in [1.54, 1.807) is 0 Å². The Labute approximate surface area is 122 Å². The second-order valence-electron chi connectivity index (χ2n) is 4.76. The largest absolute Gasteiger partial charge is 0.469 e. The molecule has 4 atom stereocenters. The van der Waals surface area contributed by atoms with E-state index in [-0.39, 0.29) is 5.56 Å². The highest BCUT2D eigenvalue weighted by molar-refractivity contribution is 5.72. The fourth-order valence-corrected chi connectivity index (χ4v) is 2.15. The molecular weight excluding hydrogens is 303 g/mol. The molecule has 1 aliphatic heterocycles. The Morgan fingerprint density at radius 2 is 2.23 bits per heavy atom. The van der Waals surface area contributed by atoms with Crippen molar-refractivity contribution in [2.24, 2.45) is 0 Å². The third-order valence-electron chi connectivity index (χ3n) is 3.35. The van der Waals surface area contributed by atoms with Gasteiger partial charge in [-0.2, -0.15) is 0 Å². The van der Waals surface area contributed by atoms with Gasteiger partial charge in [0.1, 0.15) is 12.2 Å². The molecule has 122 valence electrons. The van der Waals surface area contributed by atoms with Gasteiger partial charge < -0.3 is 19.7 Å². The number of hydrogen-bond donors (Lipinski definition) is 3. The van der Waals surface area contributed by atoms with E-state index in [0.29, 0.717) is 0 Å². The van der Waals surface area contributed by atoms with Crippen molar-refractivity contribution in [1.82, 2.24) is 9.55 Å². The summed E-state index contributed by atoms with van der Waals surface area (Å²) in [4.78, 5) is 36.6. The summed E-state index contributed by atoms with van der Waals surface area (Å²) in [6.45, 7) is -0.634. The molecule has 1 aromatic heterocycles. The highest BCUT2D eigenvalue weighted by Gasteiger charge is 2.45. The monoisotopic (exact) mass is 318 g/mol. The molecule has 1 aliphatic rings. The van der Waals surface area contributed by atoms with Crippen LogP contribution in [0, 0.1) is 0 Å². The van der Waals surface area contributed by atoms with Crippen molar-refractivity contribution in [2.45, 2.75) is 31.0 Å². The van der Waals surface area contributed by atoms with Crippen LogP contribution in [-0.2, 0) is 20.7 Å². The number of halogens is 1. The third-order valence-corrected chi connectivity index (χ3v) is 3.35. The van der Waals surface area contributed by atoms with E-state index in [1.807, 2.05) is 4.98 Å². The molecule has 22 heavy (non-hydrogen) atoms. The quantitative estimate of drug-likeness (QED) is 0.539. The lowest BCUT2D eigenvalue weighted by molar-refractivity contribution is -0.139. The number of aromatic nitrogens is 2. The van der Waals surface area contributed by atoms with Gasteiger partial charge in [0.15, 0.2) is 12.4 Å². The number of nitrogens with one attached hydrogen (secondary N) is 1. The van der Waals surface area contributed by atoms with Gasteiger partial charge in [-0.25, -0.2) is 9.18 Å². The van der Waals surface area contributed by atoms with Crippen molar-refractivity contribution >= 4 is 5.97 Å². The van der Waals surface area contributed by atoms with Crippen molar-refractivity contribution < 1.29 is 28.9 Å². The fourth-order valence-electron chi connectivity index (χ4n) is 2.15. The van der Waals surface area contributed by atoms with Crippen molar-refractivity contribution in [3.63, 3.8) is 0 Å². The maximum Gasteiger partial charge on any atom is 0.330 e. The van der Waals surface area contributed by atoms with Crippen LogP contribution in [0.25, 0.3) is 0 Å². The van der Waals surface area contributed by atoms with Crippen LogP contribution in [0.4, 0.5) is 4.39 Å². The summed E-state index contributed by atoms with van der Waals surface area (Å²) in [7, 11) is 1.13. The molecule has 0 bridgehead atoms. The van der Waals surface area contributed by atoms with Gasteiger partial charge in [-0.1, -0.05) is 0 Å². The number of nitrogens with zero attached hydrogens (tertiary/aromatic N) is 1. The SMILES string of the molecule is COC(=O)Cc1cn([C@@H]2O[C@H](CO)C(O)C2F)c(=O)[nH]c1=O. The lowest BCUT2D eigenvalue weighted by Gasteiger charge is -2.16. The number of rotatable bonds is 4. The number of ether oxygens (including phenoxy) is 2. The van der Waals surface area contributed by atoms with Crippen LogP contribution in [0.15, 0.2) is 15.8 Å². The molecule has 2 heterocycles. The number of hydrogen-bond acceptors (Lipinski definition) is 7. The Kier molecular flexibility index (Phi) is 4.74. The van der Waals surface area contributed by atoms with Gasteiger partial charge >= 0.3 is 11.7 Å². The van der Waals surface area contributed by atoms with Crippen LogP contribution < -0.4 is 11.2 Å². The first-order chi connectivity index (χ1) is 10.4. The van der Waals surface area contributed by atoms with Gasteiger partial charge in [0.25, 0.3) is 5.56 Å². The van der Waals surface area contributed by atoms with Crippen LogP contribution in [0.2, 0.25) is 0 Å². The van der Waals surface area contributed by atoms with Gasteiger partial charge in [-0.15, -0.1) is 0 Å². The van der Waals surface area contributed by atoms with E-state index in [1.165, 1.54) is 0 Å². The number of esters is 1. The minimum Gasteiger partial charge on any atom is -0.469 e. The maximum absolute atomic E-state index is 14.0. The molecule has 9 nitrogen and oxygen atoms in total. The van der Waals surface area contributed by atoms with E-state index in [2.05, 4.69) is 4.74 Å². The van der Waals surface area contributed by atoms with Crippen LogP contribution in [-0.4, -0.2) is 57.8 Å². The number of carbonyl (C=O) groups excluding carboxylic acids is 1. The highest BCUT2D eigenvalue weighted by Crippen LogP contribution is 2.30. The summed E-state index contributed by atoms with van der Waals surface area (Å²) >= 11 is 0. The normalized spacial score (nSPS) is 27.8. The average Bonchev–Trinajstić information content (AvgIpc) is 2.77. The summed E-state index contributed by atoms with van der Waals surface area (Å²) in [6.07, 6.45) is -5.75. The van der Waals surface area contributed by atoms with Crippen LogP contribution >= 0.6 is 0 Å². The maximum atomic E-state index is 14.0. The first kappa shape index (κ1) is 16.3. The number of aliphatic hydroxyl groups excluding tert-OH is 2. The Hall–Kier alpha value is -2.04. The Morgan fingerprint density at radius 3 is 2.77 bits per heavy atom. The fraction of sp³-hybridized carbons (Fsp3) is 0.583. The second kappa shape index (κ2) is 6.38. The zero-order valence-corrected chi connectivity index (χ0v) is 11.6. The van der Waals surface area contributed by atoms with Crippen LogP contribution in [0.1, 0.15) is 11.8 Å². The molecule has 0 aromatic carbocycles. The van der Waals surface area contributed by atoms with E-state index >= 15 is 0 Å². The molecule has 1 aromatic rings. The Morgan fingerprint density at radius 1 is 1.55 bits per heavy atom. The number of aromatic amines is 1. The third kappa shape index (κ3) is 2.93. The summed E-state index contributed by atoms with van der Waals surface area (Å²) in [5.41, 5.74) is -1.89. The number of alkyl halides is 1. The van der Waals surface area contributed by atoms with E-state index in [0.717, 1.165) is 17.9 Å². The smallest absolute Gasteiger partial charge is 0.330 e. The zero-order chi connectivity index (χ0) is 16.4. The number of aliphatic hydroxyl groups is 2. The molecule has 1 saturated heterocycles. The molecule has 2 unspecified atom stereocenters. The molecule has 0 aliphatic carbocycles. The summed E-state index contributed by atoms with van der Waals surface area (Å²) in [5.74, 6) is -0.715. The average molecular weight is 318 g/mol. The summed E-state index contributed by atoms with van der Waals surface area (Å²) in [6, 6.07) is 0. The van der Waals surface area contributed by atoms with Crippen molar-refractivity contribution in [2.75, 3.05) is 13.7 Å². The first-order valence-corrected chi connectivity index (χ1v) is 6.38. The number of H-pyrrole nitrogens is 1. The van der Waals surface area contributed by atoms with Gasteiger partial charge in [0.2, 0.25) is 0 Å². The van der Waals surface area contributed by atoms with Crippen molar-refractivity contribution in [3.05, 3.63) is 32.6 Å².